The van der Waals surface area contributed by atoms with Gasteiger partial charge in [0.05, 0.1) is 26.5 Å². The smallest absolute Gasteiger partial charge is 0.245 e. The zero-order valence-electron chi connectivity index (χ0n) is 15.7. The highest BCUT2D eigenvalue weighted by Gasteiger charge is 2.25. The molecule has 0 bridgehead atoms. The molecular weight excluding hydrogens is 340 g/mol. The van der Waals surface area contributed by atoms with Crippen LogP contribution in [0, 0.1) is 0 Å². The molecule has 0 saturated carbocycles. The molecule has 0 unspecified atom stereocenters. The molecule has 0 radical (unpaired) electrons. The maximum atomic E-state index is 5.99. The molecule has 4 rings (SSSR count). The van der Waals surface area contributed by atoms with Crippen LogP contribution in [0.4, 0.5) is 0 Å². The first-order valence-electron chi connectivity index (χ1n) is 9.03. The Morgan fingerprint density at radius 3 is 2.11 bits per heavy atom. The van der Waals surface area contributed by atoms with Crippen LogP contribution in [0.25, 0.3) is 27.4 Å². The monoisotopic (exact) mass is 362 g/mol. The minimum absolute atomic E-state index is 0.552. The third kappa shape index (κ3) is 2.76. The number of ether oxygens (including phenoxy) is 3. The second kappa shape index (κ2) is 7.19. The van der Waals surface area contributed by atoms with E-state index in [-0.39, 0.29) is 0 Å². The third-order valence-electron chi connectivity index (χ3n) is 4.56. The van der Waals surface area contributed by atoms with Crippen LogP contribution < -0.4 is 14.2 Å². The molecule has 5 heteroatoms. The highest BCUT2D eigenvalue weighted by atomic mass is 16.5. The van der Waals surface area contributed by atoms with Crippen molar-refractivity contribution in [3.63, 3.8) is 0 Å². The van der Waals surface area contributed by atoms with E-state index in [2.05, 4.69) is 6.92 Å². The minimum atomic E-state index is 0.552. The predicted molar refractivity (Wildman–Crippen MR) is 107 cm³/mol. The van der Waals surface area contributed by atoms with Gasteiger partial charge in [-0.3, -0.25) is 0 Å². The van der Waals surface area contributed by atoms with Crippen molar-refractivity contribution in [1.29, 1.82) is 0 Å². The number of fused-ring (bicyclic) bond motifs is 2. The van der Waals surface area contributed by atoms with E-state index in [0.717, 1.165) is 45.3 Å². The zero-order valence-corrected chi connectivity index (χ0v) is 15.7. The quantitative estimate of drug-likeness (QED) is 0.485. The Kier molecular flexibility index (Phi) is 4.59. The van der Waals surface area contributed by atoms with Crippen LogP contribution in [0.15, 0.2) is 54.6 Å². The second-order valence-electron chi connectivity index (χ2n) is 6.24. The van der Waals surface area contributed by atoms with E-state index in [1.165, 1.54) is 0 Å². The summed E-state index contributed by atoms with van der Waals surface area (Å²) in [6.07, 6.45) is 0.896. The standard InChI is InChI=1S/C22H22N2O3/c1-4-14-27-22-18-19(24(23-22)15-10-6-5-7-11-15)21(26-3)17-13-9-8-12-16(17)20(18)25-2/h5-13H,4,14H2,1-3H3. The molecule has 0 spiro atoms. The Labute approximate surface area is 158 Å². The summed E-state index contributed by atoms with van der Waals surface area (Å²) in [4.78, 5) is 0. The van der Waals surface area contributed by atoms with Crippen molar-refractivity contribution in [2.45, 2.75) is 13.3 Å². The van der Waals surface area contributed by atoms with Gasteiger partial charge in [-0.15, -0.1) is 5.10 Å². The molecule has 4 aromatic rings. The Hall–Kier alpha value is -3.21. The van der Waals surface area contributed by atoms with E-state index in [9.17, 15) is 0 Å². The fourth-order valence-electron chi connectivity index (χ4n) is 3.43. The van der Waals surface area contributed by atoms with E-state index < -0.39 is 0 Å². The zero-order chi connectivity index (χ0) is 18.8. The summed E-state index contributed by atoms with van der Waals surface area (Å²) < 4.78 is 19.5. The van der Waals surface area contributed by atoms with Gasteiger partial charge >= 0.3 is 0 Å². The lowest BCUT2D eigenvalue weighted by Gasteiger charge is -2.14. The Morgan fingerprint density at radius 2 is 1.48 bits per heavy atom. The summed E-state index contributed by atoms with van der Waals surface area (Å²) in [5.74, 6) is 2.05. The molecule has 5 nitrogen and oxygen atoms in total. The first-order chi connectivity index (χ1) is 13.3. The molecule has 3 aromatic carbocycles. The maximum Gasteiger partial charge on any atom is 0.245 e. The topological polar surface area (TPSA) is 45.5 Å². The molecule has 0 amide bonds. The lowest BCUT2D eigenvalue weighted by atomic mass is 10.0. The fraction of sp³-hybridized carbons (Fsp3) is 0.227. The molecule has 138 valence electrons. The largest absolute Gasteiger partial charge is 0.495 e. The van der Waals surface area contributed by atoms with Gasteiger partial charge < -0.3 is 14.2 Å². The highest BCUT2D eigenvalue weighted by Crippen LogP contribution is 2.46. The summed E-state index contributed by atoms with van der Waals surface area (Å²) in [6.45, 7) is 2.66. The molecule has 27 heavy (non-hydrogen) atoms. The first kappa shape index (κ1) is 17.2. The predicted octanol–water partition coefficient (Wildman–Crippen LogP) is 4.98. The number of para-hydroxylation sites is 1. The lowest BCUT2D eigenvalue weighted by molar-refractivity contribution is 0.305. The number of hydrogen-bond acceptors (Lipinski definition) is 4. The van der Waals surface area contributed by atoms with Gasteiger partial charge in [0.2, 0.25) is 5.88 Å². The van der Waals surface area contributed by atoms with E-state index in [4.69, 9.17) is 19.3 Å². The molecule has 0 aliphatic carbocycles. The Balaban J connectivity index is 2.17. The van der Waals surface area contributed by atoms with Crippen molar-refractivity contribution in [2.75, 3.05) is 20.8 Å². The van der Waals surface area contributed by atoms with E-state index >= 15 is 0 Å². The normalized spacial score (nSPS) is 11.1. The number of rotatable bonds is 6. The average molecular weight is 362 g/mol. The maximum absolute atomic E-state index is 5.99. The van der Waals surface area contributed by atoms with Crippen LogP contribution in [-0.2, 0) is 0 Å². The number of aromatic nitrogens is 2. The number of benzene rings is 3. The van der Waals surface area contributed by atoms with Gasteiger partial charge in [-0.05, 0) is 18.6 Å². The second-order valence-corrected chi connectivity index (χ2v) is 6.24. The molecular formula is C22H22N2O3. The molecule has 0 aliphatic heterocycles. The van der Waals surface area contributed by atoms with Gasteiger partial charge in [-0.2, -0.15) is 0 Å². The third-order valence-corrected chi connectivity index (χ3v) is 4.56. The van der Waals surface area contributed by atoms with E-state index in [0.29, 0.717) is 12.5 Å². The van der Waals surface area contributed by atoms with Gasteiger partial charge in [-0.1, -0.05) is 49.4 Å². The fourth-order valence-corrected chi connectivity index (χ4v) is 3.43. The van der Waals surface area contributed by atoms with Gasteiger partial charge in [0.15, 0.2) is 5.75 Å². The number of methoxy groups -OCH3 is 2. The summed E-state index contributed by atoms with van der Waals surface area (Å²) in [5.41, 5.74) is 1.77. The molecule has 1 heterocycles. The molecule has 0 aliphatic rings. The first-order valence-corrected chi connectivity index (χ1v) is 9.03. The lowest BCUT2D eigenvalue weighted by Crippen LogP contribution is -1.99. The summed E-state index contributed by atoms with van der Waals surface area (Å²) >= 11 is 0. The van der Waals surface area contributed by atoms with Crippen molar-refractivity contribution in [1.82, 2.24) is 9.78 Å². The van der Waals surface area contributed by atoms with Gasteiger partial charge in [0, 0.05) is 10.8 Å². The molecule has 0 atom stereocenters. The minimum Gasteiger partial charge on any atom is -0.495 e. The van der Waals surface area contributed by atoms with Crippen LogP contribution in [0.3, 0.4) is 0 Å². The molecule has 1 aromatic heterocycles. The van der Waals surface area contributed by atoms with Crippen LogP contribution in [-0.4, -0.2) is 30.6 Å². The summed E-state index contributed by atoms with van der Waals surface area (Å²) in [5, 5.41) is 7.54. The Morgan fingerprint density at radius 1 is 0.852 bits per heavy atom. The average Bonchev–Trinajstić information content (AvgIpc) is 3.10. The van der Waals surface area contributed by atoms with E-state index in [1.54, 1.807) is 14.2 Å². The summed E-state index contributed by atoms with van der Waals surface area (Å²) in [7, 11) is 3.36. The SMILES string of the molecule is CCCOc1nn(-c2ccccc2)c2c(OC)c3ccccc3c(OC)c12. The van der Waals surface area contributed by atoms with Crippen LogP contribution in [0.5, 0.6) is 17.4 Å². The van der Waals surface area contributed by atoms with Crippen LogP contribution in [0.2, 0.25) is 0 Å². The van der Waals surface area contributed by atoms with Crippen LogP contribution >= 0.6 is 0 Å². The van der Waals surface area contributed by atoms with Crippen molar-refractivity contribution in [3.8, 4) is 23.1 Å². The number of nitrogens with zero attached hydrogens (tertiary/aromatic N) is 2. The van der Waals surface area contributed by atoms with Gasteiger partial charge in [0.25, 0.3) is 0 Å². The Bertz CT molecular complexity index is 1090. The van der Waals surface area contributed by atoms with Crippen molar-refractivity contribution in [3.05, 3.63) is 54.6 Å². The molecule has 0 fully saturated rings. The highest BCUT2D eigenvalue weighted by molar-refractivity contribution is 6.12. The molecule has 0 N–H and O–H groups in total. The van der Waals surface area contributed by atoms with E-state index in [1.807, 2.05) is 59.3 Å². The number of hydrogen-bond donors (Lipinski definition) is 0. The van der Waals surface area contributed by atoms with Gasteiger partial charge in [-0.25, -0.2) is 4.68 Å². The van der Waals surface area contributed by atoms with Crippen molar-refractivity contribution >= 4 is 21.7 Å². The summed E-state index contributed by atoms with van der Waals surface area (Å²) in [6, 6.07) is 18.0. The molecule has 0 saturated heterocycles. The van der Waals surface area contributed by atoms with Crippen molar-refractivity contribution < 1.29 is 14.2 Å². The van der Waals surface area contributed by atoms with Crippen LogP contribution in [0.1, 0.15) is 13.3 Å². The van der Waals surface area contributed by atoms with Gasteiger partial charge in [0.1, 0.15) is 16.7 Å². The van der Waals surface area contributed by atoms with Crippen molar-refractivity contribution in [2.24, 2.45) is 0 Å².